The van der Waals surface area contributed by atoms with Gasteiger partial charge in [-0.15, -0.1) is 0 Å². The lowest BCUT2D eigenvalue weighted by molar-refractivity contribution is -0.534. The number of anilines is 1. The summed E-state index contributed by atoms with van der Waals surface area (Å²) in [5, 5.41) is 15.5. The average Bonchev–Trinajstić information content (AvgIpc) is 3.29. The first-order chi connectivity index (χ1) is 16.3. The molecular formula is C25H21ClFN3O4. The zero-order chi connectivity index (χ0) is 24.0. The van der Waals surface area contributed by atoms with Crippen molar-refractivity contribution < 1.29 is 18.8 Å². The summed E-state index contributed by atoms with van der Waals surface area (Å²) in [6.07, 6.45) is 0. The fraction of sp³-hybridized carbons (Fsp3) is 0.240. The summed E-state index contributed by atoms with van der Waals surface area (Å²) in [7, 11) is 1.73. The van der Waals surface area contributed by atoms with Crippen molar-refractivity contribution >= 4 is 23.2 Å². The van der Waals surface area contributed by atoms with Crippen LogP contribution in [0.25, 0.3) is 0 Å². The van der Waals surface area contributed by atoms with Gasteiger partial charge in [-0.3, -0.25) is 19.8 Å². The molecule has 3 aromatic rings. The normalized spacial score (nSPS) is 23.7. The van der Waals surface area contributed by atoms with E-state index in [2.05, 4.69) is 5.32 Å². The number of halogens is 2. The number of nitrogens with one attached hydrogen (secondary N) is 1. The number of nitrogens with zero attached hydrogens (tertiary/aromatic N) is 2. The van der Waals surface area contributed by atoms with Crippen LogP contribution in [0.3, 0.4) is 0 Å². The van der Waals surface area contributed by atoms with E-state index in [-0.39, 0.29) is 22.4 Å². The third-order valence-electron chi connectivity index (χ3n) is 6.77. The zero-order valence-corrected chi connectivity index (χ0v) is 19.0. The fourth-order valence-corrected chi connectivity index (χ4v) is 5.46. The van der Waals surface area contributed by atoms with E-state index in [0.717, 1.165) is 0 Å². The molecule has 0 bridgehead atoms. The van der Waals surface area contributed by atoms with Crippen molar-refractivity contribution in [2.45, 2.75) is 24.1 Å². The van der Waals surface area contributed by atoms with Crippen molar-refractivity contribution in [1.82, 2.24) is 4.90 Å². The van der Waals surface area contributed by atoms with Crippen molar-refractivity contribution in [2.24, 2.45) is 0 Å². The molecule has 3 atom stereocenters. The molecule has 0 saturated carbocycles. The third kappa shape index (κ3) is 3.33. The molecule has 0 unspecified atom stereocenters. The smallest absolute Gasteiger partial charge is 0.256 e. The SMILES string of the molecule is CN1C[C@H](c2ccc(OCc3ccccc3F)c(Cl)c2)[C@@H]([N+](=O)[O-])[C@]12C(=O)Nc1ccccc12. The second-order valence-corrected chi connectivity index (χ2v) is 8.96. The Morgan fingerprint density at radius 1 is 1.21 bits per heavy atom. The van der Waals surface area contributed by atoms with E-state index in [1.54, 1.807) is 72.6 Å². The number of carbonyl (C=O) groups is 1. The standard InChI is InChI=1S/C25H21ClFN3O4/c1-29-13-17(23(30(32)33)25(29)18-7-3-5-9-21(18)28-24(25)31)15-10-11-22(19(26)12-15)34-14-16-6-2-4-8-20(16)27/h2-12,17,23H,13-14H2,1H3,(H,28,31)/t17-,23-,25-/m1/s1. The highest BCUT2D eigenvalue weighted by Crippen LogP contribution is 2.52. The van der Waals surface area contributed by atoms with Crippen LogP contribution in [0.1, 0.15) is 22.6 Å². The molecule has 1 saturated heterocycles. The number of fused-ring (bicyclic) bond motifs is 2. The number of hydrogen-bond acceptors (Lipinski definition) is 5. The van der Waals surface area contributed by atoms with E-state index in [0.29, 0.717) is 34.7 Å². The first-order valence-electron chi connectivity index (χ1n) is 10.8. The number of hydrogen-bond donors (Lipinski definition) is 1. The van der Waals surface area contributed by atoms with Gasteiger partial charge >= 0.3 is 0 Å². The number of para-hydroxylation sites is 1. The molecule has 1 spiro atoms. The first-order valence-corrected chi connectivity index (χ1v) is 11.1. The Morgan fingerprint density at radius 2 is 1.94 bits per heavy atom. The number of carbonyl (C=O) groups excluding carboxylic acids is 1. The predicted octanol–water partition coefficient (Wildman–Crippen LogP) is 4.58. The molecule has 174 valence electrons. The molecule has 0 aromatic heterocycles. The van der Waals surface area contributed by atoms with Gasteiger partial charge in [-0.05, 0) is 36.9 Å². The Labute approximate surface area is 200 Å². The van der Waals surface area contributed by atoms with E-state index in [1.165, 1.54) is 6.07 Å². The topological polar surface area (TPSA) is 84.7 Å². The minimum atomic E-state index is -1.42. The van der Waals surface area contributed by atoms with Gasteiger partial charge in [0.2, 0.25) is 0 Å². The third-order valence-corrected chi connectivity index (χ3v) is 7.06. The number of likely N-dealkylation sites (N-methyl/N-ethyl adjacent to an activating group) is 1. The van der Waals surface area contributed by atoms with Crippen LogP contribution in [0, 0.1) is 15.9 Å². The van der Waals surface area contributed by atoms with Crippen molar-refractivity contribution in [2.75, 3.05) is 18.9 Å². The molecule has 1 amide bonds. The van der Waals surface area contributed by atoms with E-state index in [4.69, 9.17) is 16.3 Å². The van der Waals surface area contributed by atoms with Gasteiger partial charge in [0.1, 0.15) is 18.2 Å². The van der Waals surface area contributed by atoms with Crippen molar-refractivity contribution in [3.63, 3.8) is 0 Å². The first kappa shape index (κ1) is 22.3. The lowest BCUT2D eigenvalue weighted by atomic mass is 9.79. The van der Waals surface area contributed by atoms with E-state index in [9.17, 15) is 19.3 Å². The van der Waals surface area contributed by atoms with Crippen LogP contribution in [0.2, 0.25) is 5.02 Å². The number of nitro groups is 1. The molecular weight excluding hydrogens is 461 g/mol. The zero-order valence-electron chi connectivity index (χ0n) is 18.2. The van der Waals surface area contributed by atoms with Gasteiger partial charge in [-0.2, -0.15) is 0 Å². The maximum Gasteiger partial charge on any atom is 0.256 e. The summed E-state index contributed by atoms with van der Waals surface area (Å²) in [6.45, 7) is 0.286. The van der Waals surface area contributed by atoms with Crippen molar-refractivity contribution in [1.29, 1.82) is 0 Å². The summed E-state index contributed by atoms with van der Waals surface area (Å²) in [5.74, 6) is -1.03. The maximum absolute atomic E-state index is 13.9. The Hall–Kier alpha value is -3.49. The molecule has 2 aliphatic heterocycles. The van der Waals surface area contributed by atoms with Crippen LogP contribution < -0.4 is 10.1 Å². The minimum Gasteiger partial charge on any atom is -0.487 e. The Kier molecular flexibility index (Phi) is 5.50. The van der Waals surface area contributed by atoms with Gasteiger partial charge in [-0.1, -0.05) is 54.1 Å². The summed E-state index contributed by atoms with van der Waals surface area (Å²) in [4.78, 5) is 27.0. The molecule has 1 fully saturated rings. The summed E-state index contributed by atoms with van der Waals surface area (Å²) < 4.78 is 19.6. The maximum atomic E-state index is 13.9. The van der Waals surface area contributed by atoms with Crippen LogP contribution in [-0.2, 0) is 16.9 Å². The van der Waals surface area contributed by atoms with Gasteiger partial charge in [0.05, 0.1) is 10.9 Å². The largest absolute Gasteiger partial charge is 0.487 e. The highest BCUT2D eigenvalue weighted by atomic mass is 35.5. The highest BCUT2D eigenvalue weighted by molar-refractivity contribution is 6.32. The van der Waals surface area contributed by atoms with Crippen molar-refractivity contribution in [3.05, 3.63) is 104 Å². The molecule has 0 aliphatic carbocycles. The molecule has 2 heterocycles. The van der Waals surface area contributed by atoms with Gasteiger partial charge in [0.25, 0.3) is 11.9 Å². The van der Waals surface area contributed by atoms with E-state index >= 15 is 0 Å². The van der Waals surface area contributed by atoms with Gasteiger partial charge in [0, 0.05) is 28.3 Å². The average molecular weight is 482 g/mol. The lowest BCUT2D eigenvalue weighted by Gasteiger charge is -2.30. The van der Waals surface area contributed by atoms with Crippen LogP contribution in [0.4, 0.5) is 10.1 Å². The number of amides is 1. The Morgan fingerprint density at radius 3 is 2.68 bits per heavy atom. The van der Waals surface area contributed by atoms with Crippen molar-refractivity contribution in [3.8, 4) is 5.75 Å². The highest BCUT2D eigenvalue weighted by Gasteiger charge is 2.68. The number of rotatable bonds is 5. The number of likely N-dealkylation sites (tertiary alicyclic amines) is 1. The summed E-state index contributed by atoms with van der Waals surface area (Å²) in [6, 6.07) is 17.1. The van der Waals surface area contributed by atoms with Crippen LogP contribution in [0.5, 0.6) is 5.75 Å². The molecule has 7 nitrogen and oxygen atoms in total. The van der Waals surface area contributed by atoms with Crippen LogP contribution in [-0.4, -0.2) is 35.4 Å². The van der Waals surface area contributed by atoms with Gasteiger partial charge in [-0.25, -0.2) is 4.39 Å². The monoisotopic (exact) mass is 481 g/mol. The van der Waals surface area contributed by atoms with E-state index in [1.807, 2.05) is 0 Å². The van der Waals surface area contributed by atoms with E-state index < -0.39 is 23.4 Å². The molecule has 9 heteroatoms. The summed E-state index contributed by atoms with van der Waals surface area (Å²) >= 11 is 6.46. The summed E-state index contributed by atoms with van der Waals surface area (Å²) in [5.41, 5.74) is 0.786. The Bertz CT molecular complexity index is 1300. The van der Waals surface area contributed by atoms with Crippen LogP contribution in [0.15, 0.2) is 66.7 Å². The number of ether oxygens (including phenoxy) is 1. The van der Waals surface area contributed by atoms with Crippen LogP contribution >= 0.6 is 11.6 Å². The molecule has 5 rings (SSSR count). The molecule has 0 radical (unpaired) electrons. The lowest BCUT2D eigenvalue weighted by Crippen LogP contribution is -2.54. The predicted molar refractivity (Wildman–Crippen MR) is 125 cm³/mol. The Balaban J connectivity index is 1.47. The second-order valence-electron chi connectivity index (χ2n) is 8.55. The van der Waals surface area contributed by atoms with Gasteiger partial charge in [0.15, 0.2) is 5.54 Å². The molecule has 34 heavy (non-hydrogen) atoms. The van der Waals surface area contributed by atoms with Gasteiger partial charge < -0.3 is 10.1 Å². The number of benzene rings is 3. The molecule has 3 aromatic carbocycles. The second kappa shape index (κ2) is 8.38. The fourth-order valence-electron chi connectivity index (χ4n) is 5.22. The molecule has 1 N–H and O–H groups in total. The quantitative estimate of drug-likeness (QED) is 0.426. The molecule has 2 aliphatic rings. The minimum absolute atomic E-state index is 0.00447.